The second kappa shape index (κ2) is 10.8. The molecule has 1 aromatic heterocycles. The van der Waals surface area contributed by atoms with Crippen molar-refractivity contribution in [3.63, 3.8) is 0 Å². The SMILES string of the molecule is Cc1ccccc1CS(=O)(=O)c1ncc(CN(CC2CCCO2)C(=O)C(C)C)n1CC(C)C. The first-order chi connectivity index (χ1) is 15.6. The number of aryl methyl sites for hydroxylation is 1. The van der Waals surface area contributed by atoms with Gasteiger partial charge in [0.1, 0.15) is 0 Å². The lowest BCUT2D eigenvalue weighted by Gasteiger charge is -2.28. The van der Waals surface area contributed by atoms with Gasteiger partial charge in [0.15, 0.2) is 0 Å². The number of sulfone groups is 1. The van der Waals surface area contributed by atoms with Gasteiger partial charge in [0.25, 0.3) is 0 Å². The summed E-state index contributed by atoms with van der Waals surface area (Å²) < 4.78 is 34.3. The van der Waals surface area contributed by atoms with Crippen LogP contribution in [0.15, 0.2) is 35.6 Å². The van der Waals surface area contributed by atoms with Gasteiger partial charge >= 0.3 is 0 Å². The fraction of sp³-hybridized carbons (Fsp3) is 0.600. The normalized spacial score (nSPS) is 16.6. The molecule has 1 atom stereocenters. The molecular weight excluding hydrogens is 438 g/mol. The highest BCUT2D eigenvalue weighted by atomic mass is 32.2. The lowest BCUT2D eigenvalue weighted by atomic mass is 10.1. The minimum Gasteiger partial charge on any atom is -0.376 e. The standard InChI is InChI=1S/C25H37N3O4S/c1-18(2)14-28-22(15-27(24(29)19(3)4)16-23-11-8-12-32-23)13-26-25(28)33(30,31)17-21-10-7-6-9-20(21)5/h6-7,9-10,13,18-19,23H,8,11-12,14-17H2,1-5H3. The molecule has 0 saturated carbocycles. The van der Waals surface area contributed by atoms with E-state index < -0.39 is 9.84 Å². The first kappa shape index (κ1) is 25.4. The fourth-order valence-electron chi connectivity index (χ4n) is 4.20. The van der Waals surface area contributed by atoms with Crippen LogP contribution in [0.25, 0.3) is 0 Å². The summed E-state index contributed by atoms with van der Waals surface area (Å²) >= 11 is 0. The Balaban J connectivity index is 1.93. The third kappa shape index (κ3) is 6.44. The van der Waals surface area contributed by atoms with E-state index in [0.717, 1.165) is 36.3 Å². The van der Waals surface area contributed by atoms with E-state index in [0.29, 0.717) is 19.6 Å². The van der Waals surface area contributed by atoms with E-state index >= 15 is 0 Å². The highest BCUT2D eigenvalue weighted by molar-refractivity contribution is 7.90. The molecule has 1 aromatic carbocycles. The third-order valence-corrected chi connectivity index (χ3v) is 7.51. The summed E-state index contributed by atoms with van der Waals surface area (Å²) in [5.41, 5.74) is 2.45. The topological polar surface area (TPSA) is 81.5 Å². The molecule has 0 bridgehead atoms. The van der Waals surface area contributed by atoms with Crippen molar-refractivity contribution in [2.45, 2.75) is 77.6 Å². The molecule has 0 radical (unpaired) electrons. The van der Waals surface area contributed by atoms with E-state index in [1.807, 2.05) is 58.9 Å². The number of aromatic nitrogens is 2. The molecule has 0 N–H and O–H groups in total. The van der Waals surface area contributed by atoms with E-state index in [9.17, 15) is 13.2 Å². The van der Waals surface area contributed by atoms with Crippen LogP contribution in [0, 0.1) is 18.8 Å². The second-order valence-electron chi connectivity index (χ2n) is 9.73. The maximum absolute atomic E-state index is 13.4. The number of hydrogen-bond donors (Lipinski definition) is 0. The molecule has 1 aliphatic heterocycles. The molecule has 3 rings (SSSR count). The summed E-state index contributed by atoms with van der Waals surface area (Å²) in [6, 6.07) is 7.51. The van der Waals surface area contributed by atoms with E-state index in [2.05, 4.69) is 4.98 Å². The zero-order chi connectivity index (χ0) is 24.2. The number of nitrogens with zero attached hydrogens (tertiary/aromatic N) is 3. The van der Waals surface area contributed by atoms with E-state index in [1.54, 1.807) is 15.7 Å². The van der Waals surface area contributed by atoms with Gasteiger partial charge in [-0.3, -0.25) is 4.79 Å². The van der Waals surface area contributed by atoms with Crippen LogP contribution in [0.4, 0.5) is 0 Å². The summed E-state index contributed by atoms with van der Waals surface area (Å²) in [5.74, 6) is 0.000658. The Morgan fingerprint density at radius 1 is 1.24 bits per heavy atom. The first-order valence-electron chi connectivity index (χ1n) is 11.8. The molecule has 0 aliphatic carbocycles. The van der Waals surface area contributed by atoms with Crippen molar-refractivity contribution < 1.29 is 17.9 Å². The molecule has 2 heterocycles. The summed E-state index contributed by atoms with van der Waals surface area (Å²) in [5, 5.41) is 0.0727. The molecule has 1 aliphatic rings. The van der Waals surface area contributed by atoms with Crippen LogP contribution < -0.4 is 0 Å². The summed E-state index contributed by atoms with van der Waals surface area (Å²) in [7, 11) is -3.66. The second-order valence-corrected chi connectivity index (χ2v) is 11.6. The van der Waals surface area contributed by atoms with Crippen LogP contribution in [-0.2, 0) is 38.2 Å². The Morgan fingerprint density at radius 2 is 1.97 bits per heavy atom. The molecule has 7 nitrogen and oxygen atoms in total. The zero-order valence-electron chi connectivity index (χ0n) is 20.5. The molecule has 182 valence electrons. The van der Waals surface area contributed by atoms with Crippen molar-refractivity contribution in [3.05, 3.63) is 47.3 Å². The number of carbonyl (C=O) groups is 1. The van der Waals surface area contributed by atoms with Gasteiger partial charge < -0.3 is 14.2 Å². The van der Waals surface area contributed by atoms with E-state index in [-0.39, 0.29) is 34.8 Å². The maximum atomic E-state index is 13.4. The quantitative estimate of drug-likeness (QED) is 0.519. The minimum absolute atomic E-state index is 0.0263. The largest absolute Gasteiger partial charge is 0.376 e. The molecule has 1 saturated heterocycles. The number of carbonyl (C=O) groups excluding carboxylic acids is 1. The molecule has 0 spiro atoms. The molecule has 1 unspecified atom stereocenters. The Bertz CT molecular complexity index is 1050. The Hall–Kier alpha value is -2.19. The van der Waals surface area contributed by atoms with Crippen molar-refractivity contribution in [1.82, 2.24) is 14.5 Å². The highest BCUT2D eigenvalue weighted by Crippen LogP contribution is 2.23. The first-order valence-corrected chi connectivity index (χ1v) is 13.5. The predicted octanol–water partition coefficient (Wildman–Crippen LogP) is 3.99. The van der Waals surface area contributed by atoms with Crippen molar-refractivity contribution in [3.8, 4) is 0 Å². The van der Waals surface area contributed by atoms with Gasteiger partial charge in [0.05, 0.1) is 30.3 Å². The Kier molecular flexibility index (Phi) is 8.34. The van der Waals surface area contributed by atoms with Crippen molar-refractivity contribution in [2.24, 2.45) is 11.8 Å². The van der Waals surface area contributed by atoms with Crippen LogP contribution in [0.1, 0.15) is 57.4 Å². The van der Waals surface area contributed by atoms with Crippen LogP contribution in [-0.4, -0.2) is 48.0 Å². The zero-order valence-corrected chi connectivity index (χ0v) is 21.3. The van der Waals surface area contributed by atoms with Crippen molar-refractivity contribution in [1.29, 1.82) is 0 Å². The van der Waals surface area contributed by atoms with E-state index in [1.165, 1.54) is 0 Å². The van der Waals surface area contributed by atoms with Gasteiger partial charge in [0, 0.05) is 25.6 Å². The highest BCUT2D eigenvalue weighted by Gasteiger charge is 2.29. The molecule has 1 amide bonds. The van der Waals surface area contributed by atoms with Crippen LogP contribution >= 0.6 is 0 Å². The third-order valence-electron chi connectivity index (χ3n) is 5.94. The number of amides is 1. The lowest BCUT2D eigenvalue weighted by Crippen LogP contribution is -2.39. The molecule has 8 heteroatoms. The predicted molar refractivity (Wildman–Crippen MR) is 128 cm³/mol. The smallest absolute Gasteiger partial charge is 0.228 e. The molecule has 1 fully saturated rings. The van der Waals surface area contributed by atoms with Gasteiger partial charge in [-0.2, -0.15) is 0 Å². The number of rotatable bonds is 10. The van der Waals surface area contributed by atoms with Gasteiger partial charge in [-0.25, -0.2) is 13.4 Å². The molecule has 33 heavy (non-hydrogen) atoms. The summed E-state index contributed by atoms with van der Waals surface area (Å²) in [6.07, 6.45) is 3.58. The number of ether oxygens (including phenoxy) is 1. The molecular formula is C25H37N3O4S. The van der Waals surface area contributed by atoms with Crippen LogP contribution in [0.3, 0.4) is 0 Å². The van der Waals surface area contributed by atoms with Crippen LogP contribution in [0.5, 0.6) is 0 Å². The lowest BCUT2D eigenvalue weighted by molar-refractivity contribution is -0.136. The van der Waals surface area contributed by atoms with Gasteiger partial charge in [-0.15, -0.1) is 0 Å². The van der Waals surface area contributed by atoms with Gasteiger partial charge in [-0.05, 0) is 36.8 Å². The number of hydrogen-bond acceptors (Lipinski definition) is 5. The number of benzene rings is 1. The fourth-order valence-corrected chi connectivity index (χ4v) is 5.80. The maximum Gasteiger partial charge on any atom is 0.228 e. The minimum atomic E-state index is -3.66. The van der Waals surface area contributed by atoms with Gasteiger partial charge in [0.2, 0.25) is 20.9 Å². The van der Waals surface area contributed by atoms with E-state index in [4.69, 9.17) is 4.74 Å². The van der Waals surface area contributed by atoms with Crippen LogP contribution in [0.2, 0.25) is 0 Å². The van der Waals surface area contributed by atoms with Crippen molar-refractivity contribution >= 4 is 15.7 Å². The summed E-state index contributed by atoms with van der Waals surface area (Å²) in [4.78, 5) is 19.1. The monoisotopic (exact) mass is 475 g/mol. The van der Waals surface area contributed by atoms with Crippen molar-refractivity contribution in [2.75, 3.05) is 13.2 Å². The summed E-state index contributed by atoms with van der Waals surface area (Å²) in [6.45, 7) is 11.8. The average molecular weight is 476 g/mol. The Labute approximate surface area is 198 Å². The average Bonchev–Trinajstić information content (AvgIpc) is 3.39. The Morgan fingerprint density at radius 3 is 2.58 bits per heavy atom. The van der Waals surface area contributed by atoms with Gasteiger partial charge in [-0.1, -0.05) is 52.0 Å². The number of imidazole rings is 1. The molecule has 2 aromatic rings.